The molecule has 3 nitrogen and oxygen atoms in total. The summed E-state index contributed by atoms with van der Waals surface area (Å²) in [6.45, 7) is 2.51. The van der Waals surface area contributed by atoms with E-state index in [9.17, 15) is 0 Å². The molecule has 3 heteroatoms. The summed E-state index contributed by atoms with van der Waals surface area (Å²) in [7, 11) is 0. The number of likely N-dealkylation sites (tertiary alicyclic amines) is 1. The Labute approximate surface area is 103 Å². The lowest BCUT2D eigenvalue weighted by atomic mass is 9.93. The van der Waals surface area contributed by atoms with Crippen LogP contribution < -0.4 is 0 Å². The summed E-state index contributed by atoms with van der Waals surface area (Å²) in [6.07, 6.45) is 11.9. The highest BCUT2D eigenvalue weighted by atomic mass is 15.2. The lowest BCUT2D eigenvalue weighted by molar-refractivity contribution is 0.149. The van der Waals surface area contributed by atoms with E-state index in [1.165, 1.54) is 57.3 Å². The third-order valence-corrected chi connectivity index (χ3v) is 4.32. The number of hydrogen-bond acceptors (Lipinski definition) is 3. The van der Waals surface area contributed by atoms with Crippen LogP contribution in [-0.2, 0) is 0 Å². The van der Waals surface area contributed by atoms with Crippen molar-refractivity contribution in [3.8, 4) is 0 Å². The van der Waals surface area contributed by atoms with Crippen molar-refractivity contribution in [3.63, 3.8) is 0 Å². The third-order valence-electron chi connectivity index (χ3n) is 4.32. The van der Waals surface area contributed by atoms with Crippen molar-refractivity contribution in [1.29, 1.82) is 0 Å². The molecule has 0 amide bonds. The molecule has 92 valence electrons. The van der Waals surface area contributed by atoms with E-state index in [0.29, 0.717) is 5.92 Å². The second-order valence-corrected chi connectivity index (χ2v) is 5.41. The quantitative estimate of drug-likeness (QED) is 0.783. The van der Waals surface area contributed by atoms with E-state index in [4.69, 9.17) is 0 Å². The van der Waals surface area contributed by atoms with Gasteiger partial charge in [-0.3, -0.25) is 4.90 Å². The summed E-state index contributed by atoms with van der Waals surface area (Å²) < 4.78 is 0. The number of hydrogen-bond donors (Lipinski definition) is 0. The van der Waals surface area contributed by atoms with E-state index < -0.39 is 0 Å². The third kappa shape index (κ3) is 2.49. The van der Waals surface area contributed by atoms with Crippen LogP contribution >= 0.6 is 0 Å². The Hall–Kier alpha value is -0.960. The molecule has 0 bridgehead atoms. The summed E-state index contributed by atoms with van der Waals surface area (Å²) in [6, 6.07) is 2.95. The van der Waals surface area contributed by atoms with E-state index in [1.807, 2.05) is 6.20 Å². The number of rotatable bonds is 2. The Bertz CT molecular complexity index is 346. The molecule has 1 aromatic heterocycles. The Morgan fingerprint density at radius 2 is 2.00 bits per heavy atom. The van der Waals surface area contributed by atoms with Crippen LogP contribution in [0.15, 0.2) is 18.6 Å². The zero-order valence-corrected chi connectivity index (χ0v) is 10.4. The molecule has 2 heterocycles. The minimum Gasteiger partial charge on any atom is -0.300 e. The second kappa shape index (κ2) is 5.13. The molecule has 1 aromatic rings. The van der Waals surface area contributed by atoms with Crippen LogP contribution in [0.25, 0.3) is 0 Å². The standard InChI is InChI=1S/C14H21N3/c1-2-6-13(5-1)17-9-3-4-12(10-17)14-7-8-15-11-16-14/h7-8,11-13H,1-6,9-10H2. The molecule has 1 unspecified atom stereocenters. The van der Waals surface area contributed by atoms with Gasteiger partial charge in [0.05, 0.1) is 0 Å². The first-order chi connectivity index (χ1) is 8.43. The van der Waals surface area contributed by atoms with Gasteiger partial charge in [-0.05, 0) is 38.3 Å². The zero-order chi connectivity index (χ0) is 11.5. The van der Waals surface area contributed by atoms with Crippen molar-refractivity contribution < 1.29 is 0 Å². The molecule has 0 N–H and O–H groups in total. The monoisotopic (exact) mass is 231 g/mol. The number of aromatic nitrogens is 2. The lowest BCUT2D eigenvalue weighted by Crippen LogP contribution is -2.40. The van der Waals surface area contributed by atoms with E-state index in [-0.39, 0.29) is 0 Å². The first-order valence-corrected chi connectivity index (χ1v) is 6.93. The molecule has 1 atom stereocenters. The molecule has 1 saturated carbocycles. The van der Waals surface area contributed by atoms with Crippen LogP contribution in [0, 0.1) is 0 Å². The van der Waals surface area contributed by atoms with Gasteiger partial charge in [-0.1, -0.05) is 12.8 Å². The molecular formula is C14H21N3. The van der Waals surface area contributed by atoms with Crippen molar-refractivity contribution in [2.45, 2.75) is 50.5 Å². The van der Waals surface area contributed by atoms with Gasteiger partial charge < -0.3 is 0 Å². The van der Waals surface area contributed by atoms with Gasteiger partial charge >= 0.3 is 0 Å². The maximum atomic E-state index is 4.43. The van der Waals surface area contributed by atoms with Crippen LogP contribution in [0.3, 0.4) is 0 Å². The van der Waals surface area contributed by atoms with E-state index in [0.717, 1.165) is 6.04 Å². The molecule has 0 spiro atoms. The predicted molar refractivity (Wildman–Crippen MR) is 67.8 cm³/mol. The molecular weight excluding hydrogens is 210 g/mol. The highest BCUT2D eigenvalue weighted by Gasteiger charge is 2.28. The average Bonchev–Trinajstić information content (AvgIpc) is 2.94. The smallest absolute Gasteiger partial charge is 0.115 e. The first kappa shape index (κ1) is 11.1. The lowest BCUT2D eigenvalue weighted by Gasteiger charge is -2.36. The van der Waals surface area contributed by atoms with Crippen molar-refractivity contribution >= 4 is 0 Å². The zero-order valence-electron chi connectivity index (χ0n) is 10.4. The van der Waals surface area contributed by atoms with Gasteiger partial charge in [0.1, 0.15) is 6.33 Å². The van der Waals surface area contributed by atoms with Crippen LogP contribution in [0.1, 0.15) is 50.1 Å². The number of nitrogens with zero attached hydrogens (tertiary/aromatic N) is 3. The fourth-order valence-electron chi connectivity index (χ4n) is 3.39. The molecule has 2 aliphatic rings. The summed E-state index contributed by atoms with van der Waals surface area (Å²) >= 11 is 0. The molecule has 17 heavy (non-hydrogen) atoms. The maximum absolute atomic E-state index is 4.43. The fourth-order valence-corrected chi connectivity index (χ4v) is 3.39. The minimum absolute atomic E-state index is 0.632. The topological polar surface area (TPSA) is 29.0 Å². The first-order valence-electron chi connectivity index (χ1n) is 6.93. The normalized spacial score (nSPS) is 27.4. The highest BCUT2D eigenvalue weighted by molar-refractivity contribution is 5.08. The Morgan fingerprint density at radius 1 is 1.12 bits per heavy atom. The highest BCUT2D eigenvalue weighted by Crippen LogP contribution is 2.31. The summed E-state index contributed by atoms with van der Waals surface area (Å²) in [5, 5.41) is 0. The van der Waals surface area contributed by atoms with Crippen molar-refractivity contribution in [3.05, 3.63) is 24.3 Å². The molecule has 1 aliphatic heterocycles. The molecule has 0 radical (unpaired) electrons. The largest absolute Gasteiger partial charge is 0.300 e. The van der Waals surface area contributed by atoms with E-state index in [2.05, 4.69) is 20.9 Å². The fraction of sp³-hybridized carbons (Fsp3) is 0.714. The second-order valence-electron chi connectivity index (χ2n) is 5.41. The Balaban J connectivity index is 1.67. The van der Waals surface area contributed by atoms with Gasteiger partial charge in [0.2, 0.25) is 0 Å². The van der Waals surface area contributed by atoms with Crippen molar-refractivity contribution in [1.82, 2.24) is 14.9 Å². The van der Waals surface area contributed by atoms with E-state index in [1.54, 1.807) is 6.33 Å². The predicted octanol–water partition coefficient (Wildman–Crippen LogP) is 2.60. The molecule has 2 fully saturated rings. The van der Waals surface area contributed by atoms with Crippen LogP contribution in [0.4, 0.5) is 0 Å². The van der Waals surface area contributed by atoms with Gasteiger partial charge in [0.15, 0.2) is 0 Å². The van der Waals surface area contributed by atoms with Crippen LogP contribution in [-0.4, -0.2) is 34.0 Å². The molecule has 3 rings (SSSR count). The maximum Gasteiger partial charge on any atom is 0.115 e. The number of piperidine rings is 1. The minimum atomic E-state index is 0.632. The van der Waals surface area contributed by atoms with Gasteiger partial charge in [-0.2, -0.15) is 0 Å². The SMILES string of the molecule is c1cc(C2CCCN(C3CCCC3)C2)ncn1. The average molecular weight is 231 g/mol. The van der Waals surface area contributed by atoms with Crippen LogP contribution in [0.2, 0.25) is 0 Å². The van der Waals surface area contributed by atoms with Crippen molar-refractivity contribution in [2.75, 3.05) is 13.1 Å². The van der Waals surface area contributed by atoms with Gasteiger partial charge in [0.25, 0.3) is 0 Å². The molecule has 1 aliphatic carbocycles. The summed E-state index contributed by atoms with van der Waals surface area (Å²) in [5.41, 5.74) is 1.24. The Morgan fingerprint density at radius 3 is 2.76 bits per heavy atom. The Kier molecular flexibility index (Phi) is 3.36. The summed E-state index contributed by atoms with van der Waals surface area (Å²) in [4.78, 5) is 11.1. The molecule has 1 saturated heterocycles. The van der Waals surface area contributed by atoms with Crippen LogP contribution in [0.5, 0.6) is 0 Å². The van der Waals surface area contributed by atoms with Crippen molar-refractivity contribution in [2.24, 2.45) is 0 Å². The molecule has 0 aromatic carbocycles. The summed E-state index contributed by atoms with van der Waals surface area (Å²) in [5.74, 6) is 0.632. The van der Waals surface area contributed by atoms with Gasteiger partial charge in [0, 0.05) is 30.4 Å². The van der Waals surface area contributed by atoms with E-state index >= 15 is 0 Å². The van der Waals surface area contributed by atoms with Gasteiger partial charge in [-0.15, -0.1) is 0 Å². The van der Waals surface area contributed by atoms with Gasteiger partial charge in [-0.25, -0.2) is 9.97 Å².